The van der Waals surface area contributed by atoms with Crippen molar-refractivity contribution in [1.82, 2.24) is 4.31 Å². The van der Waals surface area contributed by atoms with Gasteiger partial charge in [-0.1, -0.05) is 36.4 Å². The van der Waals surface area contributed by atoms with Crippen LogP contribution >= 0.6 is 0 Å². The summed E-state index contributed by atoms with van der Waals surface area (Å²) in [4.78, 5) is 16.1. The Kier molecular flexibility index (Phi) is 7.07. The van der Waals surface area contributed by atoms with Crippen molar-refractivity contribution in [2.24, 2.45) is 0 Å². The maximum Gasteiger partial charge on any atom is 0.282 e. The average Bonchev–Trinajstić information content (AvgIpc) is 2.74. The zero-order valence-corrected chi connectivity index (χ0v) is 18.5. The molecule has 1 aliphatic rings. The molecular formula is C23H30N3O3S+. The number of sulfonamides is 1. The van der Waals surface area contributed by atoms with Gasteiger partial charge in [0, 0.05) is 12.2 Å². The predicted octanol–water partition coefficient (Wildman–Crippen LogP) is 1.41. The zero-order chi connectivity index (χ0) is 21.7. The topological polar surface area (TPSA) is 62.1 Å². The number of piperazine rings is 1. The van der Waals surface area contributed by atoms with Crippen LogP contribution in [0.5, 0.6) is 0 Å². The average molecular weight is 429 g/mol. The molecule has 0 saturated carbocycles. The lowest BCUT2D eigenvalue weighted by atomic mass is 10.2. The maximum absolute atomic E-state index is 13.1. The number of amides is 1. The van der Waals surface area contributed by atoms with Gasteiger partial charge in [0.1, 0.15) is 0 Å². The van der Waals surface area contributed by atoms with Crippen molar-refractivity contribution in [2.75, 3.05) is 44.2 Å². The molecule has 1 amide bonds. The summed E-state index contributed by atoms with van der Waals surface area (Å²) in [6, 6.07) is 15.0. The molecule has 2 aromatic rings. The van der Waals surface area contributed by atoms with Gasteiger partial charge in [0.15, 0.2) is 6.54 Å². The highest BCUT2D eigenvalue weighted by molar-refractivity contribution is 7.89. The minimum Gasteiger partial charge on any atom is -0.325 e. The minimum atomic E-state index is -3.52. The standard InChI is InChI=1S/C23H29N3O3S/c1-4-12-26(21-8-6-5-7-9-21)23(27)18-24-13-15-25(16-14-24)30(28,29)22-17-19(2)10-11-20(22)3/h4-11,17H,1,12-16,18H2,2-3H3/p+1. The first-order chi connectivity index (χ1) is 14.3. The van der Waals surface area contributed by atoms with Gasteiger partial charge >= 0.3 is 0 Å². The highest BCUT2D eigenvalue weighted by Gasteiger charge is 2.32. The normalized spacial score (nSPS) is 15.7. The third-order valence-corrected chi connectivity index (χ3v) is 7.51. The van der Waals surface area contributed by atoms with E-state index in [1.54, 1.807) is 21.3 Å². The smallest absolute Gasteiger partial charge is 0.282 e. The fraction of sp³-hybridized carbons (Fsp3) is 0.348. The molecule has 6 nitrogen and oxygen atoms in total. The van der Waals surface area contributed by atoms with Gasteiger partial charge in [-0.3, -0.25) is 4.79 Å². The van der Waals surface area contributed by atoms with Crippen LogP contribution in [-0.4, -0.2) is 57.9 Å². The van der Waals surface area contributed by atoms with Crippen LogP contribution in [0.15, 0.2) is 66.1 Å². The fourth-order valence-corrected chi connectivity index (χ4v) is 5.49. The molecule has 160 valence electrons. The molecule has 0 aliphatic carbocycles. The van der Waals surface area contributed by atoms with Crippen LogP contribution in [0.25, 0.3) is 0 Å². The van der Waals surface area contributed by atoms with E-state index >= 15 is 0 Å². The lowest BCUT2D eigenvalue weighted by molar-refractivity contribution is -0.895. The number of anilines is 1. The first-order valence-electron chi connectivity index (χ1n) is 10.2. The molecule has 0 unspecified atom stereocenters. The summed E-state index contributed by atoms with van der Waals surface area (Å²) in [6.07, 6.45) is 1.72. The number of para-hydroxylation sites is 1. The molecular weight excluding hydrogens is 398 g/mol. The summed E-state index contributed by atoms with van der Waals surface area (Å²) in [5.41, 5.74) is 2.53. The molecule has 0 spiro atoms. The summed E-state index contributed by atoms with van der Waals surface area (Å²) in [5, 5.41) is 0. The molecule has 1 heterocycles. The summed E-state index contributed by atoms with van der Waals surface area (Å²) in [6.45, 7) is 10.3. The summed E-state index contributed by atoms with van der Waals surface area (Å²) < 4.78 is 27.7. The Morgan fingerprint density at radius 2 is 1.80 bits per heavy atom. The molecule has 2 aromatic carbocycles. The van der Waals surface area contributed by atoms with Gasteiger partial charge in [-0.2, -0.15) is 4.31 Å². The number of hydrogen-bond acceptors (Lipinski definition) is 3. The van der Waals surface area contributed by atoms with E-state index in [-0.39, 0.29) is 5.91 Å². The summed E-state index contributed by atoms with van der Waals surface area (Å²) in [7, 11) is -3.52. The van der Waals surface area contributed by atoms with Gasteiger partial charge in [-0.05, 0) is 43.2 Å². The number of aryl methyl sites for hydroxylation is 2. The van der Waals surface area contributed by atoms with Crippen molar-refractivity contribution < 1.29 is 18.1 Å². The van der Waals surface area contributed by atoms with Gasteiger partial charge < -0.3 is 9.80 Å². The number of benzene rings is 2. The van der Waals surface area contributed by atoms with E-state index in [2.05, 4.69) is 6.58 Å². The van der Waals surface area contributed by atoms with Crippen molar-refractivity contribution >= 4 is 21.6 Å². The van der Waals surface area contributed by atoms with Crippen molar-refractivity contribution in [1.29, 1.82) is 0 Å². The quantitative estimate of drug-likeness (QED) is 0.679. The van der Waals surface area contributed by atoms with E-state index in [1.807, 2.05) is 56.3 Å². The zero-order valence-electron chi connectivity index (χ0n) is 17.7. The number of rotatable bonds is 7. The second kappa shape index (κ2) is 9.55. The summed E-state index contributed by atoms with van der Waals surface area (Å²) in [5.74, 6) is 0.0157. The number of nitrogens with zero attached hydrogens (tertiary/aromatic N) is 2. The molecule has 0 bridgehead atoms. The number of quaternary nitrogens is 1. The van der Waals surface area contributed by atoms with Crippen LogP contribution in [0.3, 0.4) is 0 Å². The summed E-state index contributed by atoms with van der Waals surface area (Å²) >= 11 is 0. The van der Waals surface area contributed by atoms with Gasteiger partial charge in [-0.15, -0.1) is 6.58 Å². The van der Waals surface area contributed by atoms with Crippen molar-refractivity contribution in [3.63, 3.8) is 0 Å². The molecule has 30 heavy (non-hydrogen) atoms. The second-order valence-electron chi connectivity index (χ2n) is 7.73. The van der Waals surface area contributed by atoms with Crippen molar-refractivity contribution in [3.05, 3.63) is 72.3 Å². The Balaban J connectivity index is 1.64. The highest BCUT2D eigenvalue weighted by Crippen LogP contribution is 2.21. The Morgan fingerprint density at radius 3 is 2.43 bits per heavy atom. The lowest BCUT2D eigenvalue weighted by Crippen LogP contribution is -3.15. The first kappa shape index (κ1) is 22.2. The number of nitrogens with one attached hydrogen (secondary N) is 1. The van der Waals surface area contributed by atoms with Gasteiger partial charge in [-0.25, -0.2) is 8.42 Å². The SMILES string of the molecule is C=CCN(C(=O)C[NH+]1CCN(S(=O)(=O)c2cc(C)ccc2C)CC1)c1ccccc1. The van der Waals surface area contributed by atoms with Gasteiger partial charge in [0.2, 0.25) is 10.0 Å². The van der Waals surface area contributed by atoms with Crippen LogP contribution in [0, 0.1) is 13.8 Å². The Morgan fingerprint density at radius 1 is 1.13 bits per heavy atom. The lowest BCUT2D eigenvalue weighted by Gasteiger charge is -2.32. The number of carbonyl (C=O) groups excluding carboxylic acids is 1. The third kappa shape index (κ3) is 4.98. The van der Waals surface area contributed by atoms with E-state index < -0.39 is 10.0 Å². The first-order valence-corrected chi connectivity index (χ1v) is 11.6. The predicted molar refractivity (Wildman–Crippen MR) is 119 cm³/mol. The van der Waals surface area contributed by atoms with Gasteiger partial charge in [0.25, 0.3) is 5.91 Å². The van der Waals surface area contributed by atoms with E-state index in [9.17, 15) is 13.2 Å². The van der Waals surface area contributed by atoms with Crippen LogP contribution in [0.1, 0.15) is 11.1 Å². The van der Waals surface area contributed by atoms with E-state index in [0.29, 0.717) is 44.2 Å². The van der Waals surface area contributed by atoms with E-state index in [1.165, 1.54) is 0 Å². The van der Waals surface area contributed by atoms with E-state index in [4.69, 9.17) is 0 Å². The molecule has 7 heteroatoms. The maximum atomic E-state index is 13.1. The van der Waals surface area contributed by atoms with Crippen LogP contribution < -0.4 is 9.80 Å². The third-order valence-electron chi connectivity index (χ3n) is 5.47. The molecule has 3 rings (SSSR count). The van der Waals surface area contributed by atoms with Crippen molar-refractivity contribution in [3.8, 4) is 0 Å². The molecule has 0 radical (unpaired) electrons. The fourth-order valence-electron chi connectivity index (χ4n) is 3.74. The van der Waals surface area contributed by atoms with Crippen molar-refractivity contribution in [2.45, 2.75) is 18.7 Å². The molecule has 0 atom stereocenters. The Bertz CT molecular complexity index is 998. The van der Waals surface area contributed by atoms with E-state index in [0.717, 1.165) is 21.7 Å². The largest absolute Gasteiger partial charge is 0.325 e. The van der Waals surface area contributed by atoms with Crippen LogP contribution in [-0.2, 0) is 14.8 Å². The monoisotopic (exact) mass is 428 g/mol. The Hall–Kier alpha value is -2.48. The van der Waals surface area contributed by atoms with Crippen LogP contribution in [0.2, 0.25) is 0 Å². The second-order valence-corrected chi connectivity index (χ2v) is 9.63. The minimum absolute atomic E-state index is 0.0157. The molecule has 1 N–H and O–H groups in total. The number of carbonyl (C=O) groups is 1. The van der Waals surface area contributed by atoms with Gasteiger partial charge in [0.05, 0.1) is 31.1 Å². The molecule has 1 saturated heterocycles. The molecule has 1 fully saturated rings. The number of hydrogen-bond donors (Lipinski definition) is 1. The highest BCUT2D eigenvalue weighted by atomic mass is 32.2. The molecule has 1 aliphatic heterocycles. The molecule has 0 aromatic heterocycles. The Labute approximate surface area is 179 Å². The van der Waals surface area contributed by atoms with Crippen LogP contribution in [0.4, 0.5) is 5.69 Å².